The number of ether oxygens (including phenoxy) is 4. The van der Waals surface area contributed by atoms with E-state index in [-0.39, 0.29) is 24.4 Å². The van der Waals surface area contributed by atoms with Gasteiger partial charge < -0.3 is 29.6 Å². The fourth-order valence-corrected chi connectivity index (χ4v) is 4.73. The van der Waals surface area contributed by atoms with E-state index in [0.29, 0.717) is 18.0 Å². The van der Waals surface area contributed by atoms with Crippen molar-refractivity contribution in [2.75, 3.05) is 51.4 Å². The minimum atomic E-state index is -1.14. The molecule has 0 saturated carbocycles. The summed E-state index contributed by atoms with van der Waals surface area (Å²) in [5.41, 5.74) is 1.49. The van der Waals surface area contributed by atoms with Crippen LogP contribution in [0.2, 0.25) is 0 Å². The highest BCUT2D eigenvalue weighted by molar-refractivity contribution is 6.10. The quantitative estimate of drug-likeness (QED) is 0.293. The molecular weight excluding hydrogens is 476 g/mol. The Bertz CT molecular complexity index is 1120. The number of aliphatic imine (C=N–C) groups is 1. The SMILES string of the molecule is CCOC(=O)C1C(=O)/C(=C/C2=CNC3N=CC=CC23)OC1Nc1ccccc1OCCN1CCOCC1. The molecule has 0 spiro atoms. The molecule has 0 amide bonds. The van der Waals surface area contributed by atoms with Gasteiger partial charge in [-0.3, -0.25) is 19.5 Å². The summed E-state index contributed by atoms with van der Waals surface area (Å²) in [4.78, 5) is 32.8. The minimum absolute atomic E-state index is 0.0115. The molecule has 4 atom stereocenters. The highest BCUT2D eigenvalue weighted by atomic mass is 16.5. The number of rotatable bonds is 9. The lowest BCUT2D eigenvalue weighted by Crippen LogP contribution is -2.38. The summed E-state index contributed by atoms with van der Waals surface area (Å²) in [6.07, 6.45) is 8.10. The van der Waals surface area contributed by atoms with Crippen molar-refractivity contribution in [1.29, 1.82) is 0 Å². The first-order valence-corrected chi connectivity index (χ1v) is 12.7. The van der Waals surface area contributed by atoms with Crippen LogP contribution in [0, 0.1) is 11.8 Å². The zero-order valence-corrected chi connectivity index (χ0v) is 20.8. The van der Waals surface area contributed by atoms with Gasteiger partial charge in [0.15, 0.2) is 17.9 Å². The van der Waals surface area contributed by atoms with Crippen LogP contribution in [0.3, 0.4) is 0 Å². The van der Waals surface area contributed by atoms with Gasteiger partial charge in [0.1, 0.15) is 18.5 Å². The number of carbonyl (C=O) groups excluding carboxylic acids is 2. The lowest BCUT2D eigenvalue weighted by molar-refractivity contribution is -0.151. The maximum absolute atomic E-state index is 13.3. The van der Waals surface area contributed by atoms with Gasteiger partial charge >= 0.3 is 5.97 Å². The minimum Gasteiger partial charge on any atom is -0.490 e. The van der Waals surface area contributed by atoms with Crippen molar-refractivity contribution in [3.8, 4) is 5.75 Å². The first kappa shape index (κ1) is 25.0. The number of nitrogens with one attached hydrogen (secondary N) is 2. The van der Waals surface area contributed by atoms with E-state index in [4.69, 9.17) is 18.9 Å². The van der Waals surface area contributed by atoms with E-state index in [0.717, 1.165) is 38.4 Å². The molecule has 0 aliphatic carbocycles. The monoisotopic (exact) mass is 508 g/mol. The van der Waals surface area contributed by atoms with E-state index in [1.54, 1.807) is 19.2 Å². The number of morpholine rings is 1. The summed E-state index contributed by atoms with van der Waals surface area (Å²) >= 11 is 0. The Balaban J connectivity index is 1.31. The number of Topliss-reactive ketones (excluding diaryl/α,β-unsaturated/α-hetero) is 1. The molecule has 5 rings (SSSR count). The molecule has 4 aliphatic heterocycles. The molecule has 2 fully saturated rings. The number of anilines is 1. The van der Waals surface area contributed by atoms with Crippen LogP contribution in [-0.2, 0) is 23.8 Å². The molecule has 37 heavy (non-hydrogen) atoms. The summed E-state index contributed by atoms with van der Waals surface area (Å²) in [6, 6.07) is 7.41. The number of allylic oxidation sites excluding steroid dienone is 3. The third-order valence-electron chi connectivity index (χ3n) is 6.67. The summed E-state index contributed by atoms with van der Waals surface area (Å²) in [5, 5.41) is 6.41. The van der Waals surface area contributed by atoms with Gasteiger partial charge in [0.05, 0.1) is 25.5 Å². The van der Waals surface area contributed by atoms with Crippen molar-refractivity contribution in [3.63, 3.8) is 0 Å². The predicted molar refractivity (Wildman–Crippen MR) is 137 cm³/mol. The van der Waals surface area contributed by atoms with Crippen LogP contribution < -0.4 is 15.4 Å². The van der Waals surface area contributed by atoms with Gasteiger partial charge in [-0.1, -0.05) is 18.2 Å². The smallest absolute Gasteiger partial charge is 0.322 e. The van der Waals surface area contributed by atoms with Crippen LogP contribution in [-0.4, -0.2) is 81.3 Å². The molecular formula is C27H32N4O6. The number of para-hydroxylation sites is 2. The summed E-state index contributed by atoms with van der Waals surface area (Å²) in [7, 11) is 0. The van der Waals surface area contributed by atoms with E-state index in [9.17, 15) is 9.59 Å². The average Bonchev–Trinajstić information content (AvgIpc) is 3.46. The lowest BCUT2D eigenvalue weighted by Gasteiger charge is -2.26. The Labute approximate surface area is 216 Å². The number of dihydropyridines is 1. The molecule has 0 radical (unpaired) electrons. The molecule has 10 heteroatoms. The number of hydrogen-bond acceptors (Lipinski definition) is 10. The third-order valence-corrected chi connectivity index (χ3v) is 6.67. The van der Waals surface area contributed by atoms with Crippen LogP contribution in [0.4, 0.5) is 5.69 Å². The number of ketones is 1. The average molecular weight is 509 g/mol. The van der Waals surface area contributed by atoms with E-state index in [1.165, 1.54) is 0 Å². The second kappa shape index (κ2) is 11.6. The number of esters is 1. The van der Waals surface area contributed by atoms with Crippen molar-refractivity contribution >= 4 is 23.7 Å². The molecule has 4 aliphatic rings. The third kappa shape index (κ3) is 5.70. The molecule has 4 unspecified atom stereocenters. The number of carbonyl (C=O) groups is 2. The van der Waals surface area contributed by atoms with Crippen LogP contribution in [0.15, 0.2) is 65.0 Å². The number of hydrogen-bond donors (Lipinski definition) is 2. The van der Waals surface area contributed by atoms with Gasteiger partial charge in [-0.2, -0.15) is 0 Å². The molecule has 196 valence electrons. The molecule has 0 aromatic heterocycles. The second-order valence-electron chi connectivity index (χ2n) is 9.05. The molecule has 1 aromatic carbocycles. The van der Waals surface area contributed by atoms with Gasteiger partial charge in [-0.15, -0.1) is 0 Å². The van der Waals surface area contributed by atoms with Crippen LogP contribution in [0.1, 0.15) is 6.92 Å². The van der Waals surface area contributed by atoms with Crippen LogP contribution in [0.25, 0.3) is 0 Å². The topological polar surface area (TPSA) is 111 Å². The zero-order valence-electron chi connectivity index (χ0n) is 20.8. The van der Waals surface area contributed by atoms with Crippen molar-refractivity contribution in [3.05, 3.63) is 60.0 Å². The Hall–Kier alpha value is -3.63. The highest BCUT2D eigenvalue weighted by Gasteiger charge is 2.47. The number of nitrogens with zero attached hydrogens (tertiary/aromatic N) is 2. The molecule has 10 nitrogen and oxygen atoms in total. The van der Waals surface area contributed by atoms with Gasteiger partial charge in [0, 0.05) is 38.0 Å². The zero-order chi connectivity index (χ0) is 25.6. The Morgan fingerprint density at radius 2 is 2.14 bits per heavy atom. The maximum atomic E-state index is 13.3. The lowest BCUT2D eigenvalue weighted by atomic mass is 9.96. The summed E-state index contributed by atoms with van der Waals surface area (Å²) in [5.74, 6) is -1.48. The summed E-state index contributed by atoms with van der Waals surface area (Å²) < 4.78 is 22.7. The first-order chi connectivity index (χ1) is 18.1. The van der Waals surface area contributed by atoms with Gasteiger partial charge in [0.2, 0.25) is 5.78 Å². The Kier molecular flexibility index (Phi) is 7.86. The van der Waals surface area contributed by atoms with Gasteiger partial charge in [-0.25, -0.2) is 0 Å². The fourth-order valence-electron chi connectivity index (χ4n) is 4.73. The van der Waals surface area contributed by atoms with E-state index >= 15 is 0 Å². The predicted octanol–water partition coefficient (Wildman–Crippen LogP) is 1.87. The van der Waals surface area contributed by atoms with Gasteiger partial charge in [0.25, 0.3) is 0 Å². The van der Waals surface area contributed by atoms with Crippen LogP contribution >= 0.6 is 0 Å². The fraction of sp³-hybridized carbons (Fsp3) is 0.444. The number of benzene rings is 1. The number of fused-ring (bicyclic) bond motifs is 1. The van der Waals surface area contributed by atoms with E-state index in [2.05, 4.69) is 20.5 Å². The van der Waals surface area contributed by atoms with Crippen molar-refractivity contribution < 1.29 is 28.5 Å². The maximum Gasteiger partial charge on any atom is 0.322 e. The first-order valence-electron chi connectivity index (χ1n) is 12.7. The summed E-state index contributed by atoms with van der Waals surface area (Å²) in [6.45, 7) is 6.37. The Morgan fingerprint density at radius 1 is 1.30 bits per heavy atom. The van der Waals surface area contributed by atoms with Crippen molar-refractivity contribution in [2.45, 2.75) is 19.3 Å². The highest BCUT2D eigenvalue weighted by Crippen LogP contribution is 2.35. The van der Waals surface area contributed by atoms with Crippen molar-refractivity contribution in [1.82, 2.24) is 10.2 Å². The van der Waals surface area contributed by atoms with Gasteiger partial charge in [-0.05, 0) is 36.8 Å². The Morgan fingerprint density at radius 3 is 2.97 bits per heavy atom. The molecule has 2 saturated heterocycles. The van der Waals surface area contributed by atoms with E-state index < -0.39 is 23.9 Å². The van der Waals surface area contributed by atoms with Crippen molar-refractivity contribution in [2.24, 2.45) is 16.8 Å². The molecule has 2 N–H and O–H groups in total. The normalized spacial score (nSPS) is 27.9. The van der Waals surface area contributed by atoms with E-state index in [1.807, 2.05) is 42.6 Å². The standard InChI is InChI=1S/C27H32N4O6/c1-2-35-27(33)23-24(32)22(16-18-17-29-25-19(18)6-5-9-28-25)37-26(23)30-20-7-3-4-8-21(20)36-15-12-31-10-13-34-14-11-31/h3-9,16-17,19,23,25-26,29-30H,2,10-15H2,1H3/b22-16-. The largest absolute Gasteiger partial charge is 0.490 e. The second-order valence-corrected chi connectivity index (χ2v) is 9.05. The molecule has 0 bridgehead atoms. The molecule has 4 heterocycles. The van der Waals surface area contributed by atoms with Crippen LogP contribution in [0.5, 0.6) is 5.75 Å². The molecule has 1 aromatic rings.